The van der Waals surface area contributed by atoms with E-state index < -0.39 is 6.10 Å². The van der Waals surface area contributed by atoms with Gasteiger partial charge in [0.2, 0.25) is 0 Å². The van der Waals surface area contributed by atoms with E-state index in [0.29, 0.717) is 13.0 Å². The number of benzene rings is 1. The molecule has 0 aliphatic heterocycles. The highest BCUT2D eigenvalue weighted by Gasteiger charge is 2.10. The van der Waals surface area contributed by atoms with Crippen molar-refractivity contribution in [1.29, 1.82) is 0 Å². The van der Waals surface area contributed by atoms with Crippen molar-refractivity contribution in [2.45, 2.75) is 38.5 Å². The molecule has 0 amide bonds. The van der Waals surface area contributed by atoms with E-state index in [4.69, 9.17) is 0 Å². The van der Waals surface area contributed by atoms with Crippen molar-refractivity contribution in [3.8, 4) is 0 Å². The van der Waals surface area contributed by atoms with Gasteiger partial charge in [-0.25, -0.2) is 0 Å². The van der Waals surface area contributed by atoms with Gasteiger partial charge in [0, 0.05) is 17.1 Å². The molecular weight excluding hydrogens is 282 g/mol. The molecule has 1 aromatic carbocycles. The van der Waals surface area contributed by atoms with Gasteiger partial charge in [0.25, 0.3) is 0 Å². The van der Waals surface area contributed by atoms with E-state index in [1.165, 1.54) is 0 Å². The third kappa shape index (κ3) is 5.64. The number of nitrogens with one attached hydrogen (secondary N) is 1. The highest BCUT2D eigenvalue weighted by atomic mass is 79.9. The Bertz CT molecular complexity index is 344. The SMILES string of the molecule is CC(O)CC(C)NCC(O)c1cccc(Br)c1. The number of aliphatic hydroxyl groups is 2. The minimum Gasteiger partial charge on any atom is -0.393 e. The molecule has 0 saturated carbocycles. The average molecular weight is 302 g/mol. The minimum atomic E-state index is -0.524. The normalized spacial score (nSPS) is 16.5. The second kappa shape index (κ2) is 7.11. The summed E-state index contributed by atoms with van der Waals surface area (Å²) < 4.78 is 0.964. The van der Waals surface area contributed by atoms with Crippen LogP contribution in [0.2, 0.25) is 0 Å². The monoisotopic (exact) mass is 301 g/mol. The van der Waals surface area contributed by atoms with E-state index in [9.17, 15) is 10.2 Å². The highest BCUT2D eigenvalue weighted by molar-refractivity contribution is 9.10. The Labute approximate surface area is 111 Å². The number of hydrogen-bond acceptors (Lipinski definition) is 3. The third-order valence-electron chi connectivity index (χ3n) is 2.59. The standard InChI is InChI=1S/C13H20BrNO2/c1-9(6-10(2)16)15-8-13(17)11-4-3-5-12(14)7-11/h3-5,7,9-10,13,15-17H,6,8H2,1-2H3. The van der Waals surface area contributed by atoms with E-state index in [1.54, 1.807) is 6.92 Å². The molecule has 1 rings (SSSR count). The maximum Gasteiger partial charge on any atom is 0.0914 e. The van der Waals surface area contributed by atoms with Gasteiger partial charge in [0.15, 0.2) is 0 Å². The van der Waals surface area contributed by atoms with E-state index in [1.807, 2.05) is 31.2 Å². The van der Waals surface area contributed by atoms with E-state index in [0.717, 1.165) is 10.0 Å². The van der Waals surface area contributed by atoms with Crippen LogP contribution in [0.4, 0.5) is 0 Å². The fourth-order valence-electron chi connectivity index (χ4n) is 1.74. The first-order valence-corrected chi connectivity index (χ1v) is 6.63. The largest absolute Gasteiger partial charge is 0.393 e. The molecule has 0 aliphatic rings. The molecule has 0 heterocycles. The van der Waals surface area contributed by atoms with E-state index in [2.05, 4.69) is 21.2 Å². The summed E-state index contributed by atoms with van der Waals surface area (Å²) in [7, 11) is 0. The van der Waals surface area contributed by atoms with Crippen molar-refractivity contribution in [1.82, 2.24) is 5.32 Å². The van der Waals surface area contributed by atoms with Gasteiger partial charge >= 0.3 is 0 Å². The predicted octanol–water partition coefficient (Wildman–Crippen LogP) is 2.23. The van der Waals surface area contributed by atoms with Crippen LogP contribution in [0, 0.1) is 0 Å². The van der Waals surface area contributed by atoms with Gasteiger partial charge in [-0.1, -0.05) is 28.1 Å². The zero-order valence-electron chi connectivity index (χ0n) is 10.2. The minimum absolute atomic E-state index is 0.191. The van der Waals surface area contributed by atoms with Gasteiger partial charge in [0.1, 0.15) is 0 Å². The Morgan fingerprint density at radius 1 is 1.29 bits per heavy atom. The first-order chi connectivity index (χ1) is 7.99. The molecule has 96 valence electrons. The second-order valence-electron chi connectivity index (χ2n) is 4.46. The zero-order chi connectivity index (χ0) is 12.8. The lowest BCUT2D eigenvalue weighted by atomic mass is 10.1. The Balaban J connectivity index is 2.42. The lowest BCUT2D eigenvalue weighted by molar-refractivity contribution is 0.149. The summed E-state index contributed by atoms with van der Waals surface area (Å²) in [6.07, 6.45) is -0.157. The lowest BCUT2D eigenvalue weighted by Gasteiger charge is -2.18. The van der Waals surface area contributed by atoms with Crippen molar-refractivity contribution in [2.24, 2.45) is 0 Å². The van der Waals surface area contributed by atoms with Gasteiger partial charge in [-0.15, -0.1) is 0 Å². The molecule has 17 heavy (non-hydrogen) atoms. The lowest BCUT2D eigenvalue weighted by Crippen LogP contribution is -2.32. The van der Waals surface area contributed by atoms with Crippen LogP contribution < -0.4 is 5.32 Å². The molecule has 3 atom stereocenters. The second-order valence-corrected chi connectivity index (χ2v) is 5.38. The van der Waals surface area contributed by atoms with Gasteiger partial charge < -0.3 is 15.5 Å². The van der Waals surface area contributed by atoms with Crippen LogP contribution in [0.3, 0.4) is 0 Å². The molecule has 1 aromatic rings. The summed E-state index contributed by atoms with van der Waals surface area (Å²) in [6, 6.07) is 7.83. The predicted molar refractivity (Wildman–Crippen MR) is 72.9 cm³/mol. The molecule has 0 saturated heterocycles. The van der Waals surface area contributed by atoms with Gasteiger partial charge in [0.05, 0.1) is 12.2 Å². The summed E-state index contributed by atoms with van der Waals surface area (Å²) >= 11 is 3.38. The van der Waals surface area contributed by atoms with Crippen molar-refractivity contribution >= 4 is 15.9 Å². The molecule has 0 spiro atoms. The van der Waals surface area contributed by atoms with Crippen molar-refractivity contribution < 1.29 is 10.2 Å². The molecule has 3 unspecified atom stereocenters. The summed E-state index contributed by atoms with van der Waals surface area (Å²) in [5.74, 6) is 0. The maximum absolute atomic E-state index is 9.98. The zero-order valence-corrected chi connectivity index (χ0v) is 11.8. The number of aliphatic hydroxyl groups excluding tert-OH is 2. The molecule has 0 aromatic heterocycles. The van der Waals surface area contributed by atoms with Crippen LogP contribution in [-0.4, -0.2) is 28.9 Å². The van der Waals surface area contributed by atoms with Gasteiger partial charge in [-0.05, 0) is 38.0 Å². The molecule has 0 radical (unpaired) electrons. The molecular formula is C13H20BrNO2. The molecule has 3 nitrogen and oxygen atoms in total. The summed E-state index contributed by atoms with van der Waals surface area (Å²) in [4.78, 5) is 0. The van der Waals surface area contributed by atoms with Crippen LogP contribution in [0.15, 0.2) is 28.7 Å². The van der Waals surface area contributed by atoms with Crippen LogP contribution in [0.1, 0.15) is 31.9 Å². The van der Waals surface area contributed by atoms with Crippen LogP contribution >= 0.6 is 15.9 Å². The number of halogens is 1. The van der Waals surface area contributed by atoms with Crippen LogP contribution in [0.5, 0.6) is 0 Å². The van der Waals surface area contributed by atoms with Gasteiger partial charge in [-0.2, -0.15) is 0 Å². The van der Waals surface area contributed by atoms with Crippen molar-refractivity contribution in [3.63, 3.8) is 0 Å². The first kappa shape index (κ1) is 14.6. The van der Waals surface area contributed by atoms with Crippen molar-refractivity contribution in [3.05, 3.63) is 34.3 Å². The molecule has 4 heteroatoms. The smallest absolute Gasteiger partial charge is 0.0914 e. The molecule has 0 fully saturated rings. The van der Waals surface area contributed by atoms with Gasteiger partial charge in [-0.3, -0.25) is 0 Å². The Kier molecular flexibility index (Phi) is 6.12. The Morgan fingerprint density at radius 3 is 2.59 bits per heavy atom. The molecule has 0 aliphatic carbocycles. The van der Waals surface area contributed by atoms with E-state index >= 15 is 0 Å². The van der Waals surface area contributed by atoms with Crippen LogP contribution in [-0.2, 0) is 0 Å². The quantitative estimate of drug-likeness (QED) is 0.755. The topological polar surface area (TPSA) is 52.5 Å². The maximum atomic E-state index is 9.98. The fourth-order valence-corrected chi connectivity index (χ4v) is 2.16. The van der Waals surface area contributed by atoms with E-state index in [-0.39, 0.29) is 12.1 Å². The summed E-state index contributed by atoms with van der Waals surface area (Å²) in [5.41, 5.74) is 0.885. The Morgan fingerprint density at radius 2 is 2.00 bits per heavy atom. The Hall–Kier alpha value is -0.420. The molecule has 3 N–H and O–H groups in total. The fraction of sp³-hybridized carbons (Fsp3) is 0.538. The van der Waals surface area contributed by atoms with Crippen LogP contribution in [0.25, 0.3) is 0 Å². The first-order valence-electron chi connectivity index (χ1n) is 5.84. The number of hydrogen-bond donors (Lipinski definition) is 3. The summed E-state index contributed by atoms with van der Waals surface area (Å²) in [6.45, 7) is 4.26. The van der Waals surface area contributed by atoms with Crippen molar-refractivity contribution in [2.75, 3.05) is 6.54 Å². The molecule has 0 bridgehead atoms. The average Bonchev–Trinajstić information content (AvgIpc) is 2.25. The number of rotatable bonds is 6. The third-order valence-corrected chi connectivity index (χ3v) is 3.08. The summed E-state index contributed by atoms with van der Waals surface area (Å²) in [5, 5.41) is 22.4. The highest BCUT2D eigenvalue weighted by Crippen LogP contribution is 2.17.